The first kappa shape index (κ1) is 21.1. The first-order chi connectivity index (χ1) is 14.5. The molecule has 3 aliphatic heterocycles. The van der Waals surface area contributed by atoms with E-state index in [1.54, 1.807) is 19.0 Å². The molecule has 2 amide bonds. The Morgan fingerprint density at radius 2 is 2.00 bits per heavy atom. The van der Waals surface area contributed by atoms with Gasteiger partial charge >= 0.3 is 0 Å². The van der Waals surface area contributed by atoms with Crippen molar-refractivity contribution < 1.29 is 28.9 Å². The minimum atomic E-state index is -0.489. The molecule has 2 saturated heterocycles. The second kappa shape index (κ2) is 8.91. The van der Waals surface area contributed by atoms with E-state index in [1.807, 2.05) is 18.2 Å². The van der Waals surface area contributed by atoms with Crippen molar-refractivity contribution in [2.24, 2.45) is 5.92 Å². The van der Waals surface area contributed by atoms with Gasteiger partial charge in [0, 0.05) is 50.4 Å². The number of hydrogen-bond donors (Lipinski definition) is 2. The minimum absolute atomic E-state index is 0.00537. The highest BCUT2D eigenvalue weighted by Gasteiger charge is 2.46. The lowest BCUT2D eigenvalue weighted by Gasteiger charge is -2.37. The lowest BCUT2D eigenvalue weighted by atomic mass is 9.84. The Bertz CT molecular complexity index is 792. The standard InChI is InChI=1S/C22H30N2O6/c1-24(2)20(26)11-15-10-17-16-9-14(23-22(27)13-5-7-28-8-6-13)3-4-18(16)30-21(17)19(12-25)29-15/h3-4,9,13,15,17,19,21,25H,5-8,10-12H2,1-2H3,(H,23,27)/t15-,17+,19-,21-/m1/s1. The number of hydrogen-bond acceptors (Lipinski definition) is 6. The van der Waals surface area contributed by atoms with Gasteiger partial charge in [0.1, 0.15) is 18.0 Å². The molecule has 0 aliphatic carbocycles. The zero-order valence-corrected chi connectivity index (χ0v) is 17.5. The molecule has 4 rings (SSSR count). The summed E-state index contributed by atoms with van der Waals surface area (Å²) < 4.78 is 17.4. The number of nitrogens with one attached hydrogen (secondary N) is 1. The van der Waals surface area contributed by atoms with Gasteiger partial charge in [0.15, 0.2) is 0 Å². The average Bonchev–Trinajstić information content (AvgIpc) is 3.11. The van der Waals surface area contributed by atoms with Gasteiger partial charge in [-0.05, 0) is 37.5 Å². The third-order valence-corrected chi connectivity index (χ3v) is 6.26. The molecule has 30 heavy (non-hydrogen) atoms. The molecular formula is C22H30N2O6. The maximum atomic E-state index is 12.6. The Hall–Kier alpha value is -2.16. The van der Waals surface area contributed by atoms with Crippen LogP contribution in [0.3, 0.4) is 0 Å². The topological polar surface area (TPSA) is 97.3 Å². The molecule has 8 heteroatoms. The Morgan fingerprint density at radius 3 is 2.70 bits per heavy atom. The van der Waals surface area contributed by atoms with E-state index in [0.29, 0.717) is 19.6 Å². The number of nitrogens with zero attached hydrogens (tertiary/aromatic N) is 1. The number of rotatable bonds is 5. The molecule has 1 aromatic rings. The lowest BCUT2D eigenvalue weighted by Crippen LogP contribution is -2.47. The lowest BCUT2D eigenvalue weighted by molar-refractivity contribution is -0.147. The highest BCUT2D eigenvalue weighted by atomic mass is 16.6. The molecule has 0 radical (unpaired) electrons. The summed E-state index contributed by atoms with van der Waals surface area (Å²) in [5.41, 5.74) is 1.73. The SMILES string of the molecule is CN(C)C(=O)C[C@H]1C[C@H]2c3cc(NC(=O)C4CCOCC4)ccc3O[C@H]2[C@@H](CO)O1. The molecular weight excluding hydrogens is 388 g/mol. The molecule has 0 unspecified atom stereocenters. The van der Waals surface area contributed by atoms with Crippen LogP contribution in [-0.2, 0) is 19.1 Å². The third-order valence-electron chi connectivity index (χ3n) is 6.26. The van der Waals surface area contributed by atoms with Gasteiger partial charge in [0.2, 0.25) is 11.8 Å². The fraction of sp³-hybridized carbons (Fsp3) is 0.636. The van der Waals surface area contributed by atoms with Crippen molar-refractivity contribution in [1.29, 1.82) is 0 Å². The van der Waals surface area contributed by atoms with E-state index in [-0.39, 0.29) is 48.9 Å². The molecule has 3 heterocycles. The summed E-state index contributed by atoms with van der Waals surface area (Å²) in [4.78, 5) is 26.3. The summed E-state index contributed by atoms with van der Waals surface area (Å²) in [6, 6.07) is 5.67. The molecule has 4 atom stereocenters. The Kier molecular flexibility index (Phi) is 6.26. The van der Waals surface area contributed by atoms with E-state index >= 15 is 0 Å². The summed E-state index contributed by atoms with van der Waals surface area (Å²) >= 11 is 0. The first-order valence-electron chi connectivity index (χ1n) is 10.6. The Labute approximate surface area is 176 Å². The van der Waals surface area contributed by atoms with Crippen LogP contribution in [0, 0.1) is 5.92 Å². The van der Waals surface area contributed by atoms with Crippen molar-refractivity contribution in [3.05, 3.63) is 23.8 Å². The van der Waals surface area contributed by atoms with Crippen LogP contribution in [0.25, 0.3) is 0 Å². The maximum absolute atomic E-state index is 12.6. The predicted molar refractivity (Wildman–Crippen MR) is 109 cm³/mol. The van der Waals surface area contributed by atoms with Crippen molar-refractivity contribution in [1.82, 2.24) is 4.90 Å². The monoisotopic (exact) mass is 418 g/mol. The van der Waals surface area contributed by atoms with Crippen LogP contribution in [0.2, 0.25) is 0 Å². The normalized spacial score (nSPS) is 28.2. The molecule has 2 fully saturated rings. The highest BCUT2D eigenvalue weighted by Crippen LogP contribution is 2.47. The van der Waals surface area contributed by atoms with Crippen LogP contribution in [0.15, 0.2) is 18.2 Å². The number of carbonyl (C=O) groups is 2. The molecule has 0 spiro atoms. The number of aliphatic hydroxyl groups excluding tert-OH is 1. The Balaban J connectivity index is 1.49. The number of carbonyl (C=O) groups excluding carboxylic acids is 2. The summed E-state index contributed by atoms with van der Waals surface area (Å²) in [7, 11) is 3.44. The molecule has 164 valence electrons. The van der Waals surface area contributed by atoms with Crippen molar-refractivity contribution in [2.45, 2.75) is 49.9 Å². The summed E-state index contributed by atoms with van der Waals surface area (Å²) in [6.45, 7) is 1.07. The molecule has 0 aromatic heterocycles. The van der Waals surface area contributed by atoms with Crippen LogP contribution in [0.4, 0.5) is 5.69 Å². The van der Waals surface area contributed by atoms with Crippen molar-refractivity contribution in [3.8, 4) is 5.75 Å². The summed E-state index contributed by atoms with van der Waals surface area (Å²) in [5.74, 6) is 0.732. The molecule has 1 aromatic carbocycles. The van der Waals surface area contributed by atoms with Gasteiger partial charge in [0.25, 0.3) is 0 Å². The zero-order chi connectivity index (χ0) is 21.3. The fourth-order valence-corrected chi connectivity index (χ4v) is 4.55. The largest absolute Gasteiger partial charge is 0.487 e. The third kappa shape index (κ3) is 4.31. The quantitative estimate of drug-likeness (QED) is 0.753. The van der Waals surface area contributed by atoms with E-state index in [2.05, 4.69) is 5.32 Å². The molecule has 0 bridgehead atoms. The van der Waals surface area contributed by atoms with Gasteiger partial charge in [0.05, 0.1) is 19.1 Å². The van der Waals surface area contributed by atoms with Crippen molar-refractivity contribution >= 4 is 17.5 Å². The van der Waals surface area contributed by atoms with Crippen molar-refractivity contribution in [3.63, 3.8) is 0 Å². The van der Waals surface area contributed by atoms with E-state index < -0.39 is 6.10 Å². The van der Waals surface area contributed by atoms with E-state index in [0.717, 1.165) is 29.8 Å². The number of aliphatic hydroxyl groups is 1. The van der Waals surface area contributed by atoms with E-state index in [9.17, 15) is 14.7 Å². The molecule has 3 aliphatic rings. The summed E-state index contributed by atoms with van der Waals surface area (Å²) in [6.07, 6.45) is 1.30. The van der Waals surface area contributed by atoms with Gasteiger partial charge in [-0.1, -0.05) is 0 Å². The molecule has 0 saturated carbocycles. The van der Waals surface area contributed by atoms with E-state index in [4.69, 9.17) is 14.2 Å². The first-order valence-corrected chi connectivity index (χ1v) is 10.6. The number of fused-ring (bicyclic) bond motifs is 3. The summed E-state index contributed by atoms with van der Waals surface area (Å²) in [5, 5.41) is 12.9. The number of amides is 2. The van der Waals surface area contributed by atoms with Crippen LogP contribution in [-0.4, -0.2) is 74.0 Å². The zero-order valence-electron chi connectivity index (χ0n) is 17.5. The average molecular weight is 418 g/mol. The number of ether oxygens (including phenoxy) is 3. The van der Waals surface area contributed by atoms with Crippen molar-refractivity contribution in [2.75, 3.05) is 39.2 Å². The van der Waals surface area contributed by atoms with Crippen LogP contribution in [0.5, 0.6) is 5.75 Å². The van der Waals surface area contributed by atoms with Gasteiger partial charge in [-0.15, -0.1) is 0 Å². The second-order valence-corrected chi connectivity index (χ2v) is 8.52. The molecule has 8 nitrogen and oxygen atoms in total. The van der Waals surface area contributed by atoms with Crippen LogP contribution >= 0.6 is 0 Å². The van der Waals surface area contributed by atoms with Gasteiger partial charge in [-0.25, -0.2) is 0 Å². The maximum Gasteiger partial charge on any atom is 0.227 e. The highest BCUT2D eigenvalue weighted by molar-refractivity contribution is 5.92. The predicted octanol–water partition coefficient (Wildman–Crippen LogP) is 1.52. The van der Waals surface area contributed by atoms with Gasteiger partial charge in [-0.3, -0.25) is 9.59 Å². The number of benzene rings is 1. The Morgan fingerprint density at radius 1 is 1.23 bits per heavy atom. The fourth-order valence-electron chi connectivity index (χ4n) is 4.55. The second-order valence-electron chi connectivity index (χ2n) is 8.52. The molecule has 2 N–H and O–H groups in total. The smallest absolute Gasteiger partial charge is 0.227 e. The van der Waals surface area contributed by atoms with Crippen LogP contribution in [0.1, 0.15) is 37.2 Å². The minimum Gasteiger partial charge on any atom is -0.487 e. The number of anilines is 1. The van der Waals surface area contributed by atoms with Crippen LogP contribution < -0.4 is 10.1 Å². The van der Waals surface area contributed by atoms with Gasteiger partial charge < -0.3 is 29.5 Å². The van der Waals surface area contributed by atoms with Gasteiger partial charge in [-0.2, -0.15) is 0 Å². The van der Waals surface area contributed by atoms with E-state index in [1.165, 1.54) is 0 Å².